The number of urea groups is 1. The van der Waals surface area contributed by atoms with Crippen molar-refractivity contribution in [2.45, 2.75) is 12.3 Å². The topological polar surface area (TPSA) is 58.2 Å². The number of benzene rings is 1. The Labute approximate surface area is 120 Å². The van der Waals surface area contributed by atoms with Crippen LogP contribution in [0.5, 0.6) is 0 Å². The molecule has 0 saturated heterocycles. The minimum absolute atomic E-state index is 0.542. The Hall–Kier alpha value is -0.590. The summed E-state index contributed by atoms with van der Waals surface area (Å²) < 4.78 is 1.40. The van der Waals surface area contributed by atoms with Crippen molar-refractivity contribution < 1.29 is 9.59 Å². The van der Waals surface area contributed by atoms with Crippen molar-refractivity contribution in [1.29, 1.82) is 0 Å². The number of hydrogen-bond acceptors (Lipinski definition) is 2. The minimum atomic E-state index is -0.761. The Morgan fingerprint density at radius 2 is 1.82 bits per heavy atom. The maximum Gasteiger partial charge on any atom is 0.325 e. The van der Waals surface area contributed by atoms with Gasteiger partial charge in [0.2, 0.25) is 5.91 Å². The van der Waals surface area contributed by atoms with Crippen molar-refractivity contribution >= 4 is 61.1 Å². The fourth-order valence-electron chi connectivity index (χ4n) is 0.973. The van der Waals surface area contributed by atoms with E-state index in [0.29, 0.717) is 14.6 Å². The highest BCUT2D eigenvalue weighted by Gasteiger charge is 2.14. The van der Waals surface area contributed by atoms with E-state index in [-0.39, 0.29) is 0 Å². The molecule has 0 fully saturated rings. The summed E-state index contributed by atoms with van der Waals surface area (Å²) >= 11 is 12.1. The first-order valence-corrected chi connectivity index (χ1v) is 6.64. The molecule has 1 aromatic rings. The standard InChI is InChI=1S/C10H9Br2ClN2O2/c1-5(13)9(16)15-10(17)14-8-6(11)3-2-4-7(8)12/h2-5H,1H3,(H2,14,15,16,17). The average Bonchev–Trinajstić information content (AvgIpc) is 2.23. The van der Waals surface area contributed by atoms with Gasteiger partial charge in [0, 0.05) is 8.95 Å². The quantitative estimate of drug-likeness (QED) is 0.767. The zero-order valence-corrected chi connectivity index (χ0v) is 12.7. The van der Waals surface area contributed by atoms with Crippen LogP contribution in [0.4, 0.5) is 10.5 Å². The van der Waals surface area contributed by atoms with Crippen molar-refractivity contribution in [2.24, 2.45) is 0 Å². The molecule has 0 aliphatic carbocycles. The van der Waals surface area contributed by atoms with Gasteiger partial charge in [-0.3, -0.25) is 10.1 Å². The third-order valence-electron chi connectivity index (χ3n) is 1.80. The van der Waals surface area contributed by atoms with Gasteiger partial charge < -0.3 is 5.32 Å². The molecule has 0 heterocycles. The van der Waals surface area contributed by atoms with Crippen LogP contribution in [0.2, 0.25) is 0 Å². The van der Waals surface area contributed by atoms with E-state index >= 15 is 0 Å². The number of nitrogens with one attached hydrogen (secondary N) is 2. The Bertz CT molecular complexity index is 432. The van der Waals surface area contributed by atoms with Gasteiger partial charge in [0.25, 0.3) is 0 Å². The average molecular weight is 384 g/mol. The van der Waals surface area contributed by atoms with Crippen LogP contribution in [0.25, 0.3) is 0 Å². The van der Waals surface area contributed by atoms with Crippen LogP contribution in [0.3, 0.4) is 0 Å². The van der Waals surface area contributed by atoms with Crippen LogP contribution in [-0.4, -0.2) is 17.3 Å². The molecule has 1 atom stereocenters. The van der Waals surface area contributed by atoms with Crippen LogP contribution in [-0.2, 0) is 4.79 Å². The lowest BCUT2D eigenvalue weighted by atomic mass is 10.3. The first kappa shape index (κ1) is 14.5. The van der Waals surface area contributed by atoms with Crippen LogP contribution in [0.1, 0.15) is 6.92 Å². The smallest absolute Gasteiger partial charge is 0.305 e. The summed E-state index contributed by atoms with van der Waals surface area (Å²) in [5.74, 6) is -0.549. The Morgan fingerprint density at radius 3 is 2.29 bits per heavy atom. The number of carbonyl (C=O) groups excluding carboxylic acids is 2. The fraction of sp³-hybridized carbons (Fsp3) is 0.200. The zero-order chi connectivity index (χ0) is 13.0. The number of amides is 3. The number of imide groups is 1. The van der Waals surface area contributed by atoms with Gasteiger partial charge in [0.05, 0.1) is 5.69 Å². The SMILES string of the molecule is CC(Cl)C(=O)NC(=O)Nc1c(Br)cccc1Br. The lowest BCUT2D eigenvalue weighted by molar-refractivity contribution is -0.119. The summed E-state index contributed by atoms with van der Waals surface area (Å²) in [6.45, 7) is 1.48. The van der Waals surface area contributed by atoms with Gasteiger partial charge in [-0.05, 0) is 50.9 Å². The summed E-state index contributed by atoms with van der Waals surface area (Å²) in [7, 11) is 0. The minimum Gasteiger partial charge on any atom is -0.305 e. The summed E-state index contributed by atoms with van der Waals surface area (Å²) in [4.78, 5) is 22.7. The molecule has 3 amide bonds. The first-order valence-electron chi connectivity index (χ1n) is 4.61. The summed E-state index contributed by atoms with van der Waals surface area (Å²) in [6, 6.07) is 4.72. The predicted molar refractivity (Wildman–Crippen MR) is 74.3 cm³/mol. The maximum absolute atomic E-state index is 11.5. The first-order chi connectivity index (χ1) is 7.91. The molecule has 92 valence electrons. The molecule has 7 heteroatoms. The van der Waals surface area contributed by atoms with Crippen molar-refractivity contribution in [2.75, 3.05) is 5.32 Å². The molecular weight excluding hydrogens is 375 g/mol. The number of hydrogen-bond donors (Lipinski definition) is 2. The molecule has 1 unspecified atom stereocenters. The zero-order valence-electron chi connectivity index (χ0n) is 8.76. The van der Waals surface area contributed by atoms with E-state index in [4.69, 9.17) is 11.6 Å². The highest BCUT2D eigenvalue weighted by molar-refractivity contribution is 9.11. The number of rotatable bonds is 2. The highest BCUT2D eigenvalue weighted by Crippen LogP contribution is 2.30. The fourth-order valence-corrected chi connectivity index (χ4v) is 2.22. The van der Waals surface area contributed by atoms with Gasteiger partial charge in [-0.25, -0.2) is 4.79 Å². The molecule has 17 heavy (non-hydrogen) atoms. The third kappa shape index (κ3) is 4.29. The van der Waals surface area contributed by atoms with Gasteiger partial charge in [-0.15, -0.1) is 11.6 Å². The van der Waals surface area contributed by atoms with E-state index in [1.807, 2.05) is 6.07 Å². The molecule has 0 spiro atoms. The molecule has 0 aliphatic rings. The van der Waals surface area contributed by atoms with Crippen LogP contribution < -0.4 is 10.6 Å². The Kier molecular flexibility index (Phi) is 5.42. The largest absolute Gasteiger partial charge is 0.325 e. The Morgan fingerprint density at radius 1 is 1.29 bits per heavy atom. The van der Waals surface area contributed by atoms with Gasteiger partial charge in [-0.1, -0.05) is 6.07 Å². The van der Waals surface area contributed by atoms with Crippen molar-refractivity contribution in [1.82, 2.24) is 5.32 Å². The summed E-state index contributed by atoms with van der Waals surface area (Å²) in [5.41, 5.74) is 0.542. The van der Waals surface area contributed by atoms with Crippen LogP contribution in [0, 0.1) is 0 Å². The molecule has 0 aliphatic heterocycles. The summed E-state index contributed by atoms with van der Waals surface area (Å²) in [6.07, 6.45) is 0. The molecule has 0 saturated carbocycles. The van der Waals surface area contributed by atoms with Crippen LogP contribution in [0.15, 0.2) is 27.1 Å². The second-order valence-corrected chi connectivity index (χ2v) is 5.52. The lowest BCUT2D eigenvalue weighted by Crippen LogP contribution is -2.38. The number of para-hydroxylation sites is 1. The van der Waals surface area contributed by atoms with Crippen molar-refractivity contribution in [3.63, 3.8) is 0 Å². The highest BCUT2D eigenvalue weighted by atomic mass is 79.9. The monoisotopic (exact) mass is 382 g/mol. The van der Waals surface area contributed by atoms with Gasteiger partial charge in [0.15, 0.2) is 0 Å². The molecule has 0 bridgehead atoms. The predicted octanol–water partition coefficient (Wildman–Crippen LogP) is 3.49. The van der Waals surface area contributed by atoms with Gasteiger partial charge in [-0.2, -0.15) is 0 Å². The number of halogens is 3. The maximum atomic E-state index is 11.5. The lowest BCUT2D eigenvalue weighted by Gasteiger charge is -2.10. The second-order valence-electron chi connectivity index (χ2n) is 3.16. The number of carbonyl (C=O) groups is 2. The van der Waals surface area contributed by atoms with E-state index in [9.17, 15) is 9.59 Å². The van der Waals surface area contributed by atoms with E-state index < -0.39 is 17.3 Å². The normalized spacial score (nSPS) is 11.8. The van der Waals surface area contributed by atoms with E-state index in [1.165, 1.54) is 6.92 Å². The Balaban J connectivity index is 2.72. The molecule has 1 rings (SSSR count). The molecular formula is C10H9Br2ClN2O2. The molecule has 0 radical (unpaired) electrons. The van der Waals surface area contributed by atoms with E-state index in [2.05, 4.69) is 42.5 Å². The van der Waals surface area contributed by atoms with E-state index in [1.54, 1.807) is 12.1 Å². The molecule has 1 aromatic carbocycles. The van der Waals surface area contributed by atoms with Crippen molar-refractivity contribution in [3.8, 4) is 0 Å². The van der Waals surface area contributed by atoms with Gasteiger partial charge in [0.1, 0.15) is 5.38 Å². The second kappa shape index (κ2) is 6.37. The summed E-state index contributed by atoms with van der Waals surface area (Å²) in [5, 5.41) is 3.90. The van der Waals surface area contributed by atoms with E-state index in [0.717, 1.165) is 0 Å². The number of anilines is 1. The molecule has 0 aromatic heterocycles. The van der Waals surface area contributed by atoms with Gasteiger partial charge >= 0.3 is 6.03 Å². The third-order valence-corrected chi connectivity index (χ3v) is 3.32. The molecule has 2 N–H and O–H groups in total. The van der Waals surface area contributed by atoms with Crippen LogP contribution >= 0.6 is 43.5 Å². The van der Waals surface area contributed by atoms with Crippen molar-refractivity contribution in [3.05, 3.63) is 27.1 Å². The number of alkyl halides is 1. The molecule has 4 nitrogen and oxygen atoms in total.